The fraction of sp³-hybridized carbons (Fsp3) is 0.222. The van der Waals surface area contributed by atoms with Crippen LogP contribution in [0.25, 0.3) is 0 Å². The van der Waals surface area contributed by atoms with Crippen LogP contribution >= 0.6 is 0 Å². The number of carbonyl (C=O) groups is 2. The molecule has 0 spiro atoms. The number of rotatable bonds is 6. The lowest BCUT2D eigenvalue weighted by Gasteiger charge is -2.17. The van der Waals surface area contributed by atoms with Gasteiger partial charge in [-0.3, -0.25) is 9.59 Å². The summed E-state index contributed by atoms with van der Waals surface area (Å²) in [5.41, 5.74) is 1.68. The molecule has 0 saturated heterocycles. The number of benzene rings is 2. The fourth-order valence-electron chi connectivity index (χ4n) is 2.21. The zero-order valence-corrected chi connectivity index (χ0v) is 17.2. The van der Waals surface area contributed by atoms with E-state index in [9.17, 15) is 26.4 Å². The predicted octanol–water partition coefficient (Wildman–Crippen LogP) is 1.35. The number of nitrogens with one attached hydrogen (secondary N) is 1. The first-order chi connectivity index (χ1) is 12.9. The molecule has 0 aromatic heterocycles. The second kappa shape index (κ2) is 8.11. The van der Waals surface area contributed by atoms with Crippen molar-refractivity contribution in [3.63, 3.8) is 0 Å². The number of carbonyl (C=O) groups excluding carboxylic acids is 2. The normalized spacial score (nSPS) is 11.7. The predicted molar refractivity (Wildman–Crippen MR) is 102 cm³/mol. The molecule has 0 aliphatic heterocycles. The van der Waals surface area contributed by atoms with Crippen molar-refractivity contribution in [2.24, 2.45) is 0 Å². The third-order valence-corrected chi connectivity index (χ3v) is 7.10. The molecule has 8 nitrogen and oxygen atoms in total. The van der Waals surface area contributed by atoms with Crippen LogP contribution in [0, 0.1) is 13.8 Å². The second-order valence-corrected chi connectivity index (χ2v) is 9.85. The molecule has 0 aliphatic carbocycles. The van der Waals surface area contributed by atoms with Crippen molar-refractivity contribution >= 4 is 31.9 Å². The Balaban J connectivity index is 2.09. The van der Waals surface area contributed by atoms with Crippen molar-refractivity contribution in [2.45, 2.75) is 30.1 Å². The molecule has 1 N–H and O–H groups in total. The third-order valence-electron chi connectivity index (χ3n) is 3.92. The molecule has 28 heavy (non-hydrogen) atoms. The summed E-state index contributed by atoms with van der Waals surface area (Å²) in [5, 5.41) is 0. The highest BCUT2D eigenvalue weighted by Crippen LogP contribution is 2.16. The van der Waals surface area contributed by atoms with Crippen molar-refractivity contribution < 1.29 is 26.4 Å². The maximum Gasteiger partial charge on any atom is 0.266 e. The standard InChI is InChI=1S/C18H20N2O6S2/c1-13-4-8-15(9-5-13)27(23,24)19-17(21)12-18(22)20(3)28(25,26)16-10-6-14(2)7-11-16/h4-11H,12H2,1-3H3,(H,19,21). The van der Waals surface area contributed by atoms with Gasteiger partial charge in [-0.15, -0.1) is 0 Å². The summed E-state index contributed by atoms with van der Waals surface area (Å²) in [7, 11) is -7.29. The molecule has 0 radical (unpaired) electrons. The lowest BCUT2D eigenvalue weighted by Crippen LogP contribution is -2.38. The number of aryl methyl sites for hydroxylation is 2. The highest BCUT2D eigenvalue weighted by Gasteiger charge is 2.28. The number of nitrogens with zero attached hydrogens (tertiary/aromatic N) is 1. The summed E-state index contributed by atoms with van der Waals surface area (Å²) in [6, 6.07) is 11.6. The van der Waals surface area contributed by atoms with E-state index in [-0.39, 0.29) is 9.79 Å². The third kappa shape index (κ3) is 4.96. The maximum absolute atomic E-state index is 12.5. The van der Waals surface area contributed by atoms with Crippen LogP contribution in [0.15, 0.2) is 58.3 Å². The van der Waals surface area contributed by atoms with Crippen LogP contribution in [0.4, 0.5) is 0 Å². The van der Waals surface area contributed by atoms with E-state index in [0.717, 1.165) is 18.2 Å². The summed E-state index contributed by atoms with van der Waals surface area (Å²) >= 11 is 0. The number of hydrogen-bond acceptors (Lipinski definition) is 6. The lowest BCUT2D eigenvalue weighted by molar-refractivity contribution is -0.131. The average Bonchev–Trinajstić information content (AvgIpc) is 2.61. The molecule has 0 atom stereocenters. The van der Waals surface area contributed by atoms with Crippen molar-refractivity contribution in [3.05, 3.63) is 59.7 Å². The van der Waals surface area contributed by atoms with Crippen LogP contribution in [0.5, 0.6) is 0 Å². The molecular weight excluding hydrogens is 404 g/mol. The highest BCUT2D eigenvalue weighted by molar-refractivity contribution is 7.90. The lowest BCUT2D eigenvalue weighted by atomic mass is 10.2. The minimum atomic E-state index is -4.16. The van der Waals surface area contributed by atoms with Crippen LogP contribution in [0.2, 0.25) is 0 Å². The van der Waals surface area contributed by atoms with Crippen molar-refractivity contribution in [3.8, 4) is 0 Å². The SMILES string of the molecule is Cc1ccc(S(=O)(=O)NC(=O)CC(=O)N(C)S(=O)(=O)c2ccc(C)cc2)cc1. The molecule has 0 fully saturated rings. The zero-order chi connectivity index (χ0) is 21.1. The Morgan fingerprint density at radius 3 is 1.71 bits per heavy atom. The van der Waals surface area contributed by atoms with Crippen LogP contribution in [0.1, 0.15) is 17.5 Å². The van der Waals surface area contributed by atoms with Gasteiger partial charge in [0.1, 0.15) is 6.42 Å². The number of sulfonamides is 2. The Hall–Kier alpha value is -2.72. The second-order valence-electron chi connectivity index (χ2n) is 6.20. The topological polar surface area (TPSA) is 118 Å². The molecule has 0 aliphatic rings. The largest absolute Gasteiger partial charge is 0.273 e. The molecule has 150 valence electrons. The molecule has 2 amide bonds. The Morgan fingerprint density at radius 2 is 1.25 bits per heavy atom. The van der Waals surface area contributed by atoms with E-state index in [1.807, 2.05) is 0 Å². The Labute approximate surface area is 164 Å². The molecule has 0 saturated carbocycles. The van der Waals surface area contributed by atoms with Crippen molar-refractivity contribution in [1.82, 2.24) is 9.03 Å². The smallest absolute Gasteiger partial charge is 0.266 e. The monoisotopic (exact) mass is 424 g/mol. The summed E-state index contributed by atoms with van der Waals surface area (Å²) in [4.78, 5) is 23.9. The minimum Gasteiger partial charge on any atom is -0.273 e. The van der Waals surface area contributed by atoms with E-state index in [1.54, 1.807) is 42.8 Å². The molecule has 0 heterocycles. The van der Waals surface area contributed by atoms with E-state index in [1.165, 1.54) is 24.3 Å². The molecule has 0 bridgehead atoms. The van der Waals surface area contributed by atoms with E-state index < -0.39 is 38.3 Å². The van der Waals surface area contributed by atoms with E-state index >= 15 is 0 Å². The first-order valence-corrected chi connectivity index (χ1v) is 11.1. The first kappa shape index (κ1) is 21.6. The van der Waals surface area contributed by atoms with Crippen LogP contribution in [0.3, 0.4) is 0 Å². The minimum absolute atomic E-state index is 0.110. The molecule has 2 aromatic carbocycles. The molecule has 2 aromatic rings. The molecular formula is C18H20N2O6S2. The molecule has 10 heteroatoms. The summed E-state index contributed by atoms with van der Waals surface area (Å²) in [6.07, 6.45) is -0.938. The quantitative estimate of drug-likeness (QED) is 0.700. The van der Waals surface area contributed by atoms with Crippen LogP contribution < -0.4 is 4.72 Å². The van der Waals surface area contributed by atoms with E-state index in [0.29, 0.717) is 4.31 Å². The summed E-state index contributed by atoms with van der Waals surface area (Å²) in [5.74, 6) is -2.19. The van der Waals surface area contributed by atoms with Gasteiger partial charge in [0.2, 0.25) is 11.8 Å². The summed E-state index contributed by atoms with van der Waals surface area (Å²) < 4.78 is 51.5. The van der Waals surface area contributed by atoms with Gasteiger partial charge in [0.25, 0.3) is 20.0 Å². The maximum atomic E-state index is 12.5. The summed E-state index contributed by atoms with van der Waals surface area (Å²) in [6.45, 7) is 3.56. The number of amides is 2. The molecule has 2 rings (SSSR count). The molecule has 0 unspecified atom stereocenters. The van der Waals surface area contributed by atoms with Gasteiger partial charge in [-0.05, 0) is 38.1 Å². The van der Waals surface area contributed by atoms with E-state index in [4.69, 9.17) is 0 Å². The average molecular weight is 425 g/mol. The van der Waals surface area contributed by atoms with Gasteiger partial charge in [0.15, 0.2) is 0 Å². The zero-order valence-electron chi connectivity index (χ0n) is 15.5. The van der Waals surface area contributed by atoms with Gasteiger partial charge < -0.3 is 0 Å². The Morgan fingerprint density at radius 1 is 0.821 bits per heavy atom. The number of hydrogen-bond donors (Lipinski definition) is 1. The first-order valence-electron chi connectivity index (χ1n) is 8.14. The fourth-order valence-corrected chi connectivity index (χ4v) is 4.33. The van der Waals surface area contributed by atoms with Gasteiger partial charge in [0.05, 0.1) is 9.79 Å². The van der Waals surface area contributed by atoms with Crippen molar-refractivity contribution in [2.75, 3.05) is 7.05 Å². The highest BCUT2D eigenvalue weighted by atomic mass is 32.2. The van der Waals surface area contributed by atoms with Gasteiger partial charge in [-0.1, -0.05) is 35.4 Å². The van der Waals surface area contributed by atoms with Gasteiger partial charge >= 0.3 is 0 Å². The van der Waals surface area contributed by atoms with Crippen LogP contribution in [-0.4, -0.2) is 40.0 Å². The van der Waals surface area contributed by atoms with Gasteiger partial charge in [0, 0.05) is 7.05 Å². The van der Waals surface area contributed by atoms with E-state index in [2.05, 4.69) is 0 Å². The Bertz CT molecular complexity index is 1090. The van der Waals surface area contributed by atoms with Crippen LogP contribution in [-0.2, 0) is 29.6 Å². The van der Waals surface area contributed by atoms with Crippen molar-refractivity contribution in [1.29, 1.82) is 0 Å². The Kier molecular flexibility index (Phi) is 6.25. The van der Waals surface area contributed by atoms with Gasteiger partial charge in [-0.2, -0.15) is 0 Å². The van der Waals surface area contributed by atoms with Gasteiger partial charge in [-0.25, -0.2) is 25.9 Å².